The van der Waals surface area contributed by atoms with E-state index in [1.54, 1.807) is 26.4 Å². The van der Waals surface area contributed by atoms with E-state index in [-0.39, 0.29) is 5.91 Å². The lowest BCUT2D eigenvalue weighted by Crippen LogP contribution is -2.17. The first-order valence-electron chi connectivity index (χ1n) is 9.35. The van der Waals surface area contributed by atoms with Gasteiger partial charge in [-0.1, -0.05) is 12.1 Å². The summed E-state index contributed by atoms with van der Waals surface area (Å²) in [4.78, 5) is 17.5. The van der Waals surface area contributed by atoms with E-state index in [1.807, 2.05) is 35.8 Å². The molecule has 8 heteroatoms. The monoisotopic (exact) mass is 461 g/mol. The van der Waals surface area contributed by atoms with Crippen molar-refractivity contribution in [2.45, 2.75) is 19.9 Å². The zero-order chi connectivity index (χ0) is 20.8. The summed E-state index contributed by atoms with van der Waals surface area (Å²) in [6.45, 7) is 3.99. The van der Waals surface area contributed by atoms with E-state index >= 15 is 0 Å². The second kappa shape index (κ2) is 9.76. The molecule has 0 unspecified atom stereocenters. The molecule has 29 heavy (non-hydrogen) atoms. The SMILES string of the molecule is CCOCCCn1c(NC(=O)c2cc(OC)c(Br)c(OC)c2)nc2ccccc21. The molecule has 3 rings (SSSR count). The molecule has 0 aliphatic carbocycles. The Hall–Kier alpha value is -2.58. The number of benzene rings is 2. The van der Waals surface area contributed by atoms with E-state index < -0.39 is 0 Å². The van der Waals surface area contributed by atoms with Crippen molar-refractivity contribution >= 4 is 38.8 Å². The third kappa shape index (κ3) is 4.71. The number of rotatable bonds is 9. The van der Waals surface area contributed by atoms with Gasteiger partial charge in [-0.2, -0.15) is 0 Å². The van der Waals surface area contributed by atoms with Crippen LogP contribution >= 0.6 is 15.9 Å². The number of anilines is 1. The van der Waals surface area contributed by atoms with Crippen LogP contribution in [-0.2, 0) is 11.3 Å². The highest BCUT2D eigenvalue weighted by Gasteiger charge is 2.18. The lowest BCUT2D eigenvalue weighted by molar-refractivity contribution is 0.102. The van der Waals surface area contributed by atoms with Gasteiger partial charge in [0.2, 0.25) is 5.95 Å². The standard InChI is InChI=1S/C21H24BrN3O4/c1-4-29-11-7-10-25-16-9-6-5-8-15(16)23-21(25)24-20(26)14-12-17(27-2)19(22)18(13-14)28-3/h5-6,8-9,12-13H,4,7,10-11H2,1-3H3,(H,23,24,26). The van der Waals surface area contributed by atoms with Gasteiger partial charge in [-0.25, -0.2) is 4.98 Å². The second-order valence-electron chi connectivity index (χ2n) is 6.28. The number of ether oxygens (including phenoxy) is 3. The number of aromatic nitrogens is 2. The molecule has 0 saturated heterocycles. The van der Waals surface area contributed by atoms with E-state index in [9.17, 15) is 4.79 Å². The summed E-state index contributed by atoms with van der Waals surface area (Å²) in [5, 5.41) is 2.92. The van der Waals surface area contributed by atoms with Gasteiger partial charge in [-0.05, 0) is 53.5 Å². The first-order valence-corrected chi connectivity index (χ1v) is 10.1. The molecule has 0 bridgehead atoms. The lowest BCUT2D eigenvalue weighted by Gasteiger charge is -2.13. The predicted molar refractivity (Wildman–Crippen MR) is 116 cm³/mol. The van der Waals surface area contributed by atoms with Crippen molar-refractivity contribution in [3.8, 4) is 11.5 Å². The lowest BCUT2D eigenvalue weighted by atomic mass is 10.2. The van der Waals surface area contributed by atoms with Crippen LogP contribution in [0.25, 0.3) is 11.0 Å². The molecule has 0 aliphatic heterocycles. The second-order valence-corrected chi connectivity index (χ2v) is 7.07. The number of hydrogen-bond donors (Lipinski definition) is 1. The molecule has 0 saturated carbocycles. The highest BCUT2D eigenvalue weighted by Crippen LogP contribution is 2.35. The van der Waals surface area contributed by atoms with Crippen LogP contribution in [0.15, 0.2) is 40.9 Å². The molecule has 1 aromatic heterocycles. The summed E-state index contributed by atoms with van der Waals surface area (Å²) in [5.41, 5.74) is 2.20. The van der Waals surface area contributed by atoms with E-state index in [0.717, 1.165) is 17.5 Å². The fraction of sp³-hybridized carbons (Fsp3) is 0.333. The molecule has 0 radical (unpaired) electrons. The maximum absolute atomic E-state index is 13.0. The normalized spacial score (nSPS) is 10.9. The molecule has 0 fully saturated rings. The van der Waals surface area contributed by atoms with Gasteiger partial charge < -0.3 is 18.8 Å². The number of fused-ring (bicyclic) bond motifs is 1. The molecule has 1 heterocycles. The van der Waals surface area contributed by atoms with Gasteiger partial charge in [0.1, 0.15) is 16.0 Å². The number of carbonyl (C=O) groups excluding carboxylic acids is 1. The number of nitrogens with zero attached hydrogens (tertiary/aromatic N) is 2. The summed E-state index contributed by atoms with van der Waals surface area (Å²) in [7, 11) is 3.08. The van der Waals surface area contributed by atoms with Gasteiger partial charge in [0.15, 0.2) is 0 Å². The fourth-order valence-corrected chi connectivity index (χ4v) is 3.59. The Bertz CT molecular complexity index is 978. The van der Waals surface area contributed by atoms with Gasteiger partial charge in [0.25, 0.3) is 5.91 Å². The van der Waals surface area contributed by atoms with Crippen molar-refractivity contribution < 1.29 is 19.0 Å². The Kier molecular flexibility index (Phi) is 7.11. The van der Waals surface area contributed by atoms with Crippen LogP contribution in [0.5, 0.6) is 11.5 Å². The van der Waals surface area contributed by atoms with Crippen LogP contribution in [0, 0.1) is 0 Å². The van der Waals surface area contributed by atoms with Crippen molar-refractivity contribution in [2.75, 3.05) is 32.8 Å². The number of aryl methyl sites for hydroxylation is 1. The fourth-order valence-electron chi connectivity index (χ4n) is 3.04. The zero-order valence-corrected chi connectivity index (χ0v) is 18.3. The smallest absolute Gasteiger partial charge is 0.258 e. The van der Waals surface area contributed by atoms with E-state index in [4.69, 9.17) is 14.2 Å². The molecule has 0 atom stereocenters. The summed E-state index contributed by atoms with van der Waals surface area (Å²) in [6.07, 6.45) is 0.816. The van der Waals surface area contributed by atoms with Gasteiger partial charge >= 0.3 is 0 Å². The van der Waals surface area contributed by atoms with Gasteiger partial charge in [0.05, 0.1) is 25.3 Å². The third-order valence-electron chi connectivity index (χ3n) is 4.46. The average molecular weight is 462 g/mol. The summed E-state index contributed by atoms with van der Waals surface area (Å²) in [6, 6.07) is 11.1. The van der Waals surface area contributed by atoms with Crippen molar-refractivity contribution in [1.82, 2.24) is 9.55 Å². The van der Waals surface area contributed by atoms with Crippen molar-refractivity contribution in [2.24, 2.45) is 0 Å². The molecule has 3 aromatic rings. The predicted octanol–water partition coefficient (Wildman–Crippen LogP) is 4.49. The van der Waals surface area contributed by atoms with Gasteiger partial charge in [-0.15, -0.1) is 0 Å². The number of hydrogen-bond acceptors (Lipinski definition) is 5. The molecule has 2 aromatic carbocycles. The summed E-state index contributed by atoms with van der Waals surface area (Å²) < 4.78 is 18.8. The van der Waals surface area contributed by atoms with Gasteiger partial charge in [-0.3, -0.25) is 10.1 Å². The highest BCUT2D eigenvalue weighted by molar-refractivity contribution is 9.10. The number of amides is 1. The first-order chi connectivity index (χ1) is 14.1. The Labute approximate surface area is 178 Å². The minimum absolute atomic E-state index is 0.296. The van der Waals surface area contributed by atoms with Crippen LogP contribution in [0.1, 0.15) is 23.7 Å². The van der Waals surface area contributed by atoms with Crippen LogP contribution in [0.2, 0.25) is 0 Å². The summed E-state index contributed by atoms with van der Waals surface area (Å²) >= 11 is 3.42. The molecular formula is C21H24BrN3O4. The summed E-state index contributed by atoms with van der Waals surface area (Å²) in [5.74, 6) is 1.23. The van der Waals surface area contributed by atoms with E-state index in [0.29, 0.717) is 47.2 Å². The molecule has 0 spiro atoms. The van der Waals surface area contributed by atoms with Crippen molar-refractivity contribution in [3.05, 3.63) is 46.4 Å². The number of carbonyl (C=O) groups is 1. The Morgan fingerprint density at radius 2 is 1.86 bits per heavy atom. The first kappa shape index (κ1) is 21.1. The van der Waals surface area contributed by atoms with Crippen molar-refractivity contribution in [3.63, 3.8) is 0 Å². The van der Waals surface area contributed by atoms with Crippen LogP contribution in [0.4, 0.5) is 5.95 Å². The van der Waals surface area contributed by atoms with Crippen LogP contribution in [-0.4, -0.2) is 42.9 Å². The van der Waals surface area contributed by atoms with Crippen LogP contribution < -0.4 is 14.8 Å². The molecule has 1 N–H and O–H groups in total. The minimum Gasteiger partial charge on any atom is -0.495 e. The zero-order valence-electron chi connectivity index (χ0n) is 16.7. The number of halogens is 1. The highest BCUT2D eigenvalue weighted by atomic mass is 79.9. The molecule has 1 amide bonds. The molecular weight excluding hydrogens is 438 g/mol. The number of nitrogens with one attached hydrogen (secondary N) is 1. The largest absolute Gasteiger partial charge is 0.495 e. The Balaban J connectivity index is 1.90. The molecule has 154 valence electrons. The quantitative estimate of drug-likeness (QED) is 0.475. The average Bonchev–Trinajstić information content (AvgIpc) is 3.08. The maximum Gasteiger partial charge on any atom is 0.258 e. The van der Waals surface area contributed by atoms with Gasteiger partial charge in [0, 0.05) is 25.3 Å². The third-order valence-corrected chi connectivity index (χ3v) is 5.24. The number of methoxy groups -OCH3 is 2. The van der Waals surface area contributed by atoms with E-state index in [1.165, 1.54) is 0 Å². The molecule has 7 nitrogen and oxygen atoms in total. The van der Waals surface area contributed by atoms with Crippen LogP contribution in [0.3, 0.4) is 0 Å². The number of imidazole rings is 1. The number of para-hydroxylation sites is 2. The topological polar surface area (TPSA) is 74.6 Å². The molecule has 0 aliphatic rings. The maximum atomic E-state index is 13.0. The van der Waals surface area contributed by atoms with E-state index in [2.05, 4.69) is 26.2 Å². The Morgan fingerprint density at radius 1 is 1.17 bits per heavy atom. The van der Waals surface area contributed by atoms with Crippen molar-refractivity contribution in [1.29, 1.82) is 0 Å². The minimum atomic E-state index is -0.296. The Morgan fingerprint density at radius 3 is 2.52 bits per heavy atom.